The summed E-state index contributed by atoms with van der Waals surface area (Å²) in [5.41, 5.74) is 2.02. The molecule has 29 heavy (non-hydrogen) atoms. The number of amides is 1. The highest BCUT2D eigenvalue weighted by atomic mass is 35.5. The van der Waals surface area contributed by atoms with Crippen LogP contribution in [0.5, 0.6) is 0 Å². The highest BCUT2D eigenvalue weighted by molar-refractivity contribution is 7.99. The molecule has 3 rings (SSSR count). The highest BCUT2D eigenvalue weighted by Crippen LogP contribution is 2.29. The first-order valence-corrected chi connectivity index (χ1v) is 10.9. The molecule has 5 nitrogen and oxygen atoms in total. The van der Waals surface area contributed by atoms with Crippen molar-refractivity contribution in [1.29, 1.82) is 0 Å². The maximum absolute atomic E-state index is 12.8. The lowest BCUT2D eigenvalue weighted by atomic mass is 10.1. The van der Waals surface area contributed by atoms with E-state index in [1.165, 1.54) is 11.8 Å². The smallest absolute Gasteiger partial charge is 0.233 e. The van der Waals surface area contributed by atoms with Gasteiger partial charge < -0.3 is 9.47 Å². The summed E-state index contributed by atoms with van der Waals surface area (Å²) in [7, 11) is 1.78. The summed E-state index contributed by atoms with van der Waals surface area (Å²) in [6, 6.07) is 15.3. The monoisotopic (exact) mass is 448 g/mol. The van der Waals surface area contributed by atoms with Crippen LogP contribution in [0.4, 0.5) is 0 Å². The number of hydrogen-bond donors (Lipinski definition) is 0. The van der Waals surface area contributed by atoms with Gasteiger partial charge in [-0.2, -0.15) is 0 Å². The second-order valence-electron chi connectivity index (χ2n) is 6.74. The Bertz CT molecular complexity index is 994. The quantitative estimate of drug-likeness (QED) is 0.462. The molecular weight excluding hydrogens is 427 g/mol. The zero-order valence-corrected chi connectivity index (χ0v) is 18.8. The van der Waals surface area contributed by atoms with Gasteiger partial charge in [0.05, 0.1) is 18.3 Å². The normalized spacial score (nSPS) is 12.0. The van der Waals surface area contributed by atoms with E-state index >= 15 is 0 Å². The van der Waals surface area contributed by atoms with Gasteiger partial charge in [0, 0.05) is 17.1 Å². The minimum Gasteiger partial charge on any atom is -0.338 e. The molecule has 0 saturated heterocycles. The third-order valence-corrected chi connectivity index (χ3v) is 6.31. The summed E-state index contributed by atoms with van der Waals surface area (Å²) in [5.74, 6) is 1.07. The van der Waals surface area contributed by atoms with Crippen molar-refractivity contribution < 1.29 is 4.79 Å². The van der Waals surface area contributed by atoms with Crippen LogP contribution in [0.25, 0.3) is 0 Å². The van der Waals surface area contributed by atoms with Gasteiger partial charge in [-0.05, 0) is 37.1 Å². The van der Waals surface area contributed by atoms with Gasteiger partial charge in [0.25, 0.3) is 0 Å². The Balaban J connectivity index is 1.66. The minimum atomic E-state index is -0.170. The molecule has 0 saturated carbocycles. The average Bonchev–Trinajstić information content (AvgIpc) is 3.05. The number of carbonyl (C=O) groups excluding carboxylic acids is 1. The predicted octanol–water partition coefficient (Wildman–Crippen LogP) is 5.25. The Morgan fingerprint density at radius 3 is 2.59 bits per heavy atom. The number of carbonyl (C=O) groups is 1. The molecule has 0 N–H and O–H groups in total. The van der Waals surface area contributed by atoms with Crippen LogP contribution in [0.2, 0.25) is 10.0 Å². The van der Waals surface area contributed by atoms with Crippen molar-refractivity contribution in [1.82, 2.24) is 19.7 Å². The van der Waals surface area contributed by atoms with E-state index in [1.807, 2.05) is 42.7 Å². The Hall–Kier alpha value is -2.02. The average molecular weight is 449 g/mol. The van der Waals surface area contributed by atoms with Crippen molar-refractivity contribution >= 4 is 40.9 Å². The van der Waals surface area contributed by atoms with Crippen LogP contribution in [-0.2, 0) is 11.3 Å². The van der Waals surface area contributed by atoms with Crippen LogP contribution in [0.15, 0.2) is 53.7 Å². The Morgan fingerprint density at radius 2 is 1.90 bits per heavy atom. The summed E-state index contributed by atoms with van der Waals surface area (Å²) in [5, 5.41) is 10.3. The number of nitrogens with zero attached hydrogens (tertiary/aromatic N) is 4. The molecule has 1 aromatic heterocycles. The van der Waals surface area contributed by atoms with Gasteiger partial charge in [0.2, 0.25) is 5.91 Å². The molecule has 1 unspecified atom stereocenters. The maximum Gasteiger partial charge on any atom is 0.233 e. The van der Waals surface area contributed by atoms with Crippen LogP contribution in [0, 0.1) is 6.92 Å². The van der Waals surface area contributed by atoms with E-state index in [4.69, 9.17) is 23.2 Å². The Labute approximate surface area is 185 Å². The van der Waals surface area contributed by atoms with Crippen molar-refractivity contribution in [2.75, 3.05) is 12.8 Å². The standard InChI is InChI=1S/C21H22Cl2N4OS/c1-14(18-10-9-17(22)11-19(18)23)26(3)20(28)13-29-21-25-24-15(2)27(21)12-16-7-5-4-6-8-16/h4-11,14H,12-13H2,1-3H3. The van der Waals surface area contributed by atoms with Gasteiger partial charge in [-0.3, -0.25) is 4.79 Å². The number of thioether (sulfide) groups is 1. The third-order valence-electron chi connectivity index (χ3n) is 4.80. The molecule has 8 heteroatoms. The summed E-state index contributed by atoms with van der Waals surface area (Å²) in [6.45, 7) is 4.53. The first kappa shape index (κ1) is 21.7. The fraction of sp³-hybridized carbons (Fsp3) is 0.286. The molecular formula is C21H22Cl2N4OS. The number of halogens is 2. The zero-order chi connectivity index (χ0) is 21.0. The van der Waals surface area contributed by atoms with Gasteiger partial charge in [-0.15, -0.1) is 10.2 Å². The van der Waals surface area contributed by atoms with Crippen molar-refractivity contribution in [3.63, 3.8) is 0 Å². The molecule has 0 aliphatic carbocycles. The Morgan fingerprint density at radius 1 is 1.17 bits per heavy atom. The van der Waals surface area contributed by atoms with Gasteiger partial charge in [0.1, 0.15) is 5.82 Å². The maximum atomic E-state index is 12.8. The van der Waals surface area contributed by atoms with Crippen LogP contribution in [-0.4, -0.2) is 38.4 Å². The SMILES string of the molecule is Cc1nnc(SCC(=O)N(C)C(C)c2ccc(Cl)cc2Cl)n1Cc1ccccc1. The van der Waals surface area contributed by atoms with E-state index in [-0.39, 0.29) is 17.7 Å². The molecule has 0 aliphatic heterocycles. The minimum absolute atomic E-state index is 0.0135. The summed E-state index contributed by atoms with van der Waals surface area (Å²) in [4.78, 5) is 14.5. The predicted molar refractivity (Wildman–Crippen MR) is 119 cm³/mol. The highest BCUT2D eigenvalue weighted by Gasteiger charge is 2.21. The number of hydrogen-bond acceptors (Lipinski definition) is 4. The summed E-state index contributed by atoms with van der Waals surface area (Å²) in [6.07, 6.45) is 0. The number of aromatic nitrogens is 3. The molecule has 0 fully saturated rings. The van der Waals surface area contributed by atoms with Gasteiger partial charge >= 0.3 is 0 Å². The molecule has 1 atom stereocenters. The second-order valence-corrected chi connectivity index (χ2v) is 8.52. The summed E-state index contributed by atoms with van der Waals surface area (Å²) >= 11 is 13.7. The fourth-order valence-electron chi connectivity index (χ4n) is 2.91. The molecule has 1 heterocycles. The lowest BCUT2D eigenvalue weighted by molar-refractivity contribution is -0.128. The van der Waals surface area contributed by atoms with Crippen LogP contribution < -0.4 is 0 Å². The molecule has 2 aromatic carbocycles. The molecule has 0 spiro atoms. The van der Waals surface area contributed by atoms with Gasteiger partial charge in [-0.1, -0.05) is 71.4 Å². The first-order valence-electron chi connectivity index (χ1n) is 9.14. The Kier molecular flexibility index (Phi) is 7.22. The van der Waals surface area contributed by atoms with Crippen molar-refractivity contribution in [3.05, 3.63) is 75.5 Å². The van der Waals surface area contributed by atoms with Crippen molar-refractivity contribution in [2.24, 2.45) is 0 Å². The number of rotatable bonds is 7. The number of aryl methyl sites for hydroxylation is 1. The van der Waals surface area contributed by atoms with Gasteiger partial charge in [-0.25, -0.2) is 0 Å². The molecule has 152 valence electrons. The largest absolute Gasteiger partial charge is 0.338 e. The topological polar surface area (TPSA) is 51.0 Å². The van der Waals surface area contributed by atoms with E-state index in [9.17, 15) is 4.79 Å². The van der Waals surface area contributed by atoms with E-state index < -0.39 is 0 Å². The van der Waals surface area contributed by atoms with Gasteiger partial charge in [0.15, 0.2) is 5.16 Å². The van der Waals surface area contributed by atoms with Crippen LogP contribution in [0.1, 0.15) is 29.9 Å². The van der Waals surface area contributed by atoms with Crippen molar-refractivity contribution in [2.45, 2.75) is 31.6 Å². The molecule has 1 amide bonds. The van der Waals surface area contributed by atoms with E-state index in [1.54, 1.807) is 24.1 Å². The lowest BCUT2D eigenvalue weighted by Crippen LogP contribution is -2.31. The molecule has 0 bridgehead atoms. The summed E-state index contributed by atoms with van der Waals surface area (Å²) < 4.78 is 2.02. The van der Waals surface area contributed by atoms with Crippen LogP contribution >= 0.6 is 35.0 Å². The molecule has 0 radical (unpaired) electrons. The van der Waals surface area contributed by atoms with E-state index in [0.29, 0.717) is 16.6 Å². The molecule has 3 aromatic rings. The van der Waals surface area contributed by atoms with Crippen molar-refractivity contribution in [3.8, 4) is 0 Å². The lowest BCUT2D eigenvalue weighted by Gasteiger charge is -2.26. The third kappa shape index (κ3) is 5.32. The fourth-order valence-corrected chi connectivity index (χ4v) is 4.38. The molecule has 0 aliphatic rings. The van der Waals surface area contributed by atoms with E-state index in [0.717, 1.165) is 22.1 Å². The van der Waals surface area contributed by atoms with E-state index in [2.05, 4.69) is 22.3 Å². The zero-order valence-electron chi connectivity index (χ0n) is 16.5. The second kappa shape index (κ2) is 9.65. The first-order chi connectivity index (χ1) is 13.9. The number of benzene rings is 2. The van der Waals surface area contributed by atoms with Crippen LogP contribution in [0.3, 0.4) is 0 Å².